The van der Waals surface area contributed by atoms with E-state index in [1.54, 1.807) is 24.3 Å². The third-order valence-corrected chi connectivity index (χ3v) is 4.73. The van der Waals surface area contributed by atoms with Crippen LogP contribution in [0.3, 0.4) is 0 Å². The highest BCUT2D eigenvalue weighted by Crippen LogP contribution is 2.32. The van der Waals surface area contributed by atoms with E-state index in [-0.39, 0.29) is 11.4 Å². The van der Waals surface area contributed by atoms with Crippen molar-refractivity contribution in [2.75, 3.05) is 6.61 Å². The van der Waals surface area contributed by atoms with Gasteiger partial charge in [0.15, 0.2) is 0 Å². The zero-order chi connectivity index (χ0) is 19.2. The third kappa shape index (κ3) is 5.87. The maximum absolute atomic E-state index is 12.4. The first-order valence-corrected chi connectivity index (χ1v) is 9.85. The molecule has 0 aliphatic carbocycles. The lowest BCUT2D eigenvalue weighted by molar-refractivity contribution is 0.0733. The molecule has 0 radical (unpaired) electrons. The van der Waals surface area contributed by atoms with Crippen molar-refractivity contribution in [1.82, 2.24) is 0 Å². The third-order valence-electron chi connectivity index (χ3n) is 4.11. The van der Waals surface area contributed by atoms with Crippen LogP contribution in [0.1, 0.15) is 62.9 Å². The first-order valence-electron chi connectivity index (χ1n) is 9.06. The number of hydrogen-bond donors (Lipinski definition) is 0. The Bertz CT molecular complexity index is 730. The van der Waals surface area contributed by atoms with Gasteiger partial charge in [0.2, 0.25) is 0 Å². The van der Waals surface area contributed by atoms with Gasteiger partial charge in [0, 0.05) is 0 Å². The molecule has 0 atom stereocenters. The van der Waals surface area contributed by atoms with Gasteiger partial charge in [-0.3, -0.25) is 0 Å². The molecule has 2 aromatic rings. The van der Waals surface area contributed by atoms with Crippen molar-refractivity contribution < 1.29 is 14.3 Å². The van der Waals surface area contributed by atoms with E-state index in [1.165, 1.54) is 12.0 Å². The number of unbranched alkanes of at least 4 members (excludes halogenated alkanes) is 2. The Balaban J connectivity index is 1.99. The SMILES string of the molecule is CCCCCOc1ccc(C(=O)Oc2ccc(C(C)(C)C)cc2Br)cc1. The Hall–Kier alpha value is -1.81. The van der Waals surface area contributed by atoms with Crippen molar-refractivity contribution in [3.63, 3.8) is 0 Å². The number of halogens is 1. The number of carbonyl (C=O) groups is 1. The lowest BCUT2D eigenvalue weighted by Crippen LogP contribution is -2.12. The molecule has 4 heteroatoms. The lowest BCUT2D eigenvalue weighted by Gasteiger charge is -2.20. The molecule has 0 spiro atoms. The van der Waals surface area contributed by atoms with Crippen molar-refractivity contribution in [3.8, 4) is 11.5 Å². The van der Waals surface area contributed by atoms with Crippen LogP contribution in [0.15, 0.2) is 46.9 Å². The fraction of sp³-hybridized carbons (Fsp3) is 0.409. The minimum Gasteiger partial charge on any atom is -0.494 e. The van der Waals surface area contributed by atoms with Crippen LogP contribution < -0.4 is 9.47 Å². The van der Waals surface area contributed by atoms with Crippen molar-refractivity contribution >= 4 is 21.9 Å². The molecule has 2 aromatic carbocycles. The maximum atomic E-state index is 12.4. The van der Waals surface area contributed by atoms with E-state index in [2.05, 4.69) is 43.6 Å². The van der Waals surface area contributed by atoms with Crippen LogP contribution in [0, 0.1) is 0 Å². The number of benzene rings is 2. The summed E-state index contributed by atoms with van der Waals surface area (Å²) in [5.74, 6) is 0.906. The monoisotopic (exact) mass is 418 g/mol. The largest absolute Gasteiger partial charge is 0.494 e. The number of rotatable bonds is 7. The Morgan fingerprint density at radius 1 is 1.04 bits per heavy atom. The van der Waals surface area contributed by atoms with E-state index in [0.717, 1.165) is 23.1 Å². The molecule has 0 aromatic heterocycles. The fourth-order valence-electron chi connectivity index (χ4n) is 2.44. The summed E-state index contributed by atoms with van der Waals surface area (Å²) in [7, 11) is 0. The van der Waals surface area contributed by atoms with Crippen molar-refractivity contribution in [1.29, 1.82) is 0 Å². The van der Waals surface area contributed by atoms with Gasteiger partial charge in [-0.2, -0.15) is 0 Å². The topological polar surface area (TPSA) is 35.5 Å². The fourth-order valence-corrected chi connectivity index (χ4v) is 2.90. The van der Waals surface area contributed by atoms with E-state index in [1.807, 2.05) is 18.2 Å². The second kappa shape index (κ2) is 9.22. The van der Waals surface area contributed by atoms with Crippen LogP contribution in [0.4, 0.5) is 0 Å². The first kappa shape index (κ1) is 20.5. The Kier molecular flexibility index (Phi) is 7.27. The second-order valence-electron chi connectivity index (χ2n) is 7.36. The molecule has 3 nitrogen and oxygen atoms in total. The minimum absolute atomic E-state index is 0.0397. The van der Waals surface area contributed by atoms with Gasteiger partial charge in [-0.1, -0.05) is 46.6 Å². The molecular weight excluding hydrogens is 392 g/mol. The maximum Gasteiger partial charge on any atom is 0.343 e. The predicted molar refractivity (Wildman–Crippen MR) is 109 cm³/mol. The summed E-state index contributed by atoms with van der Waals surface area (Å²) in [6.07, 6.45) is 3.37. The number of carbonyl (C=O) groups excluding carboxylic acids is 1. The normalized spacial score (nSPS) is 11.3. The van der Waals surface area contributed by atoms with Crippen LogP contribution in [0.5, 0.6) is 11.5 Å². The predicted octanol–water partition coefficient (Wildman–Crippen LogP) is 6.53. The zero-order valence-electron chi connectivity index (χ0n) is 16.0. The molecule has 0 heterocycles. The lowest BCUT2D eigenvalue weighted by atomic mass is 9.87. The second-order valence-corrected chi connectivity index (χ2v) is 8.22. The number of esters is 1. The summed E-state index contributed by atoms with van der Waals surface area (Å²) < 4.78 is 12.0. The van der Waals surface area contributed by atoms with Crippen LogP contribution in [-0.4, -0.2) is 12.6 Å². The van der Waals surface area contributed by atoms with E-state index in [4.69, 9.17) is 9.47 Å². The number of hydrogen-bond acceptors (Lipinski definition) is 3. The van der Waals surface area contributed by atoms with Gasteiger partial charge in [-0.15, -0.1) is 0 Å². The quantitative estimate of drug-likeness (QED) is 0.291. The first-order chi connectivity index (χ1) is 12.3. The summed E-state index contributed by atoms with van der Waals surface area (Å²) >= 11 is 3.50. The standard InChI is InChI=1S/C22H27BrO3/c1-5-6-7-14-25-18-11-8-16(9-12-18)21(24)26-20-13-10-17(15-19(20)23)22(2,3)4/h8-13,15H,5-7,14H2,1-4H3. The molecule has 0 unspecified atom stereocenters. The Labute approximate surface area is 164 Å². The molecule has 26 heavy (non-hydrogen) atoms. The zero-order valence-corrected chi connectivity index (χ0v) is 17.6. The van der Waals surface area contributed by atoms with Gasteiger partial charge in [0.05, 0.1) is 16.6 Å². The number of ether oxygens (including phenoxy) is 2. The average molecular weight is 419 g/mol. The van der Waals surface area contributed by atoms with E-state index >= 15 is 0 Å². The molecule has 0 saturated heterocycles. The minimum atomic E-state index is -0.383. The average Bonchev–Trinajstić information content (AvgIpc) is 2.60. The smallest absolute Gasteiger partial charge is 0.343 e. The van der Waals surface area contributed by atoms with E-state index < -0.39 is 0 Å². The van der Waals surface area contributed by atoms with Crippen LogP contribution in [-0.2, 0) is 5.41 Å². The molecule has 0 fully saturated rings. The van der Waals surface area contributed by atoms with E-state index in [0.29, 0.717) is 17.9 Å². The Morgan fingerprint density at radius 3 is 2.31 bits per heavy atom. The van der Waals surface area contributed by atoms with Gasteiger partial charge >= 0.3 is 5.97 Å². The molecule has 140 valence electrons. The molecule has 0 aliphatic heterocycles. The van der Waals surface area contributed by atoms with Gasteiger partial charge in [0.1, 0.15) is 11.5 Å². The molecule has 0 saturated carbocycles. The van der Waals surface area contributed by atoms with Gasteiger partial charge in [-0.05, 0) is 69.7 Å². The summed E-state index contributed by atoms with van der Waals surface area (Å²) in [6, 6.07) is 12.9. The highest BCUT2D eigenvalue weighted by Gasteiger charge is 2.17. The van der Waals surface area contributed by atoms with Gasteiger partial charge < -0.3 is 9.47 Å². The van der Waals surface area contributed by atoms with Crippen molar-refractivity contribution in [2.45, 2.75) is 52.4 Å². The van der Waals surface area contributed by atoms with Crippen LogP contribution in [0.2, 0.25) is 0 Å². The van der Waals surface area contributed by atoms with Crippen LogP contribution in [0.25, 0.3) is 0 Å². The summed E-state index contributed by atoms with van der Waals surface area (Å²) in [5.41, 5.74) is 1.71. The van der Waals surface area contributed by atoms with Crippen LogP contribution >= 0.6 is 15.9 Å². The molecule has 2 rings (SSSR count). The van der Waals surface area contributed by atoms with Crippen molar-refractivity contribution in [3.05, 3.63) is 58.1 Å². The highest BCUT2D eigenvalue weighted by molar-refractivity contribution is 9.10. The Morgan fingerprint density at radius 2 is 1.73 bits per heavy atom. The van der Waals surface area contributed by atoms with E-state index in [9.17, 15) is 4.79 Å². The summed E-state index contributed by atoms with van der Waals surface area (Å²) in [5, 5.41) is 0. The molecule has 0 N–H and O–H groups in total. The molecule has 0 amide bonds. The molecular formula is C22H27BrO3. The van der Waals surface area contributed by atoms with Gasteiger partial charge in [0.25, 0.3) is 0 Å². The molecule has 0 aliphatic rings. The summed E-state index contributed by atoms with van der Waals surface area (Å²) in [4.78, 5) is 12.4. The molecule has 0 bridgehead atoms. The van der Waals surface area contributed by atoms with Crippen molar-refractivity contribution in [2.24, 2.45) is 0 Å². The highest BCUT2D eigenvalue weighted by atomic mass is 79.9. The van der Waals surface area contributed by atoms with Gasteiger partial charge in [-0.25, -0.2) is 4.79 Å². The summed E-state index contributed by atoms with van der Waals surface area (Å²) in [6.45, 7) is 9.30.